The predicted molar refractivity (Wildman–Crippen MR) is 77.4 cm³/mol. The van der Waals surface area contributed by atoms with Crippen molar-refractivity contribution in [2.45, 2.75) is 26.2 Å². The van der Waals surface area contributed by atoms with Gasteiger partial charge in [-0.1, -0.05) is 42.8 Å². The summed E-state index contributed by atoms with van der Waals surface area (Å²) in [6.07, 6.45) is 3.91. The molecule has 0 bridgehead atoms. The molecule has 0 N–H and O–H groups in total. The van der Waals surface area contributed by atoms with Gasteiger partial charge in [-0.2, -0.15) is 0 Å². The van der Waals surface area contributed by atoms with Gasteiger partial charge in [0.15, 0.2) is 0 Å². The number of rotatable bonds is 1. The third-order valence-electron chi connectivity index (χ3n) is 4.77. The number of benzene rings is 1. The Labute approximate surface area is 111 Å². The Morgan fingerprint density at radius 3 is 2.67 bits per heavy atom. The van der Waals surface area contributed by atoms with E-state index in [0.29, 0.717) is 0 Å². The first-order chi connectivity index (χ1) is 8.75. The van der Waals surface area contributed by atoms with Crippen LogP contribution >= 0.6 is 0 Å². The van der Waals surface area contributed by atoms with Crippen LogP contribution in [-0.4, -0.2) is 25.0 Å². The number of piperidine rings is 1. The van der Waals surface area contributed by atoms with E-state index < -0.39 is 0 Å². The van der Waals surface area contributed by atoms with Gasteiger partial charge in [-0.15, -0.1) is 0 Å². The monoisotopic (exact) mass is 241 g/mol. The smallest absolute Gasteiger partial charge is 0.00469 e. The van der Waals surface area contributed by atoms with E-state index in [4.69, 9.17) is 0 Å². The maximum atomic E-state index is 2.50. The molecule has 0 spiro atoms. The lowest BCUT2D eigenvalue weighted by molar-refractivity contribution is 0.205. The van der Waals surface area contributed by atoms with E-state index in [2.05, 4.69) is 49.2 Å². The van der Waals surface area contributed by atoms with Crippen molar-refractivity contribution in [3.05, 3.63) is 41.5 Å². The van der Waals surface area contributed by atoms with E-state index in [1.54, 1.807) is 11.1 Å². The molecule has 1 saturated heterocycles. The highest BCUT2D eigenvalue weighted by molar-refractivity contribution is 5.70. The maximum Gasteiger partial charge on any atom is 0.00469 e. The zero-order valence-electron chi connectivity index (χ0n) is 11.5. The van der Waals surface area contributed by atoms with Crippen LogP contribution in [0.3, 0.4) is 0 Å². The van der Waals surface area contributed by atoms with Gasteiger partial charge in [-0.25, -0.2) is 0 Å². The van der Waals surface area contributed by atoms with Gasteiger partial charge < -0.3 is 4.90 Å². The van der Waals surface area contributed by atoms with Crippen LogP contribution in [-0.2, 0) is 0 Å². The molecular formula is C17H23N. The van der Waals surface area contributed by atoms with Gasteiger partial charge >= 0.3 is 0 Å². The molecule has 2 unspecified atom stereocenters. The molecule has 1 aromatic carbocycles. The van der Waals surface area contributed by atoms with Crippen LogP contribution in [0.2, 0.25) is 0 Å². The average Bonchev–Trinajstić information content (AvgIpc) is 2.41. The van der Waals surface area contributed by atoms with Crippen LogP contribution in [0.1, 0.15) is 31.7 Å². The highest BCUT2D eigenvalue weighted by atomic mass is 15.1. The standard InChI is InChI=1S/C17H23N/c1-13-8-9-15(14-6-4-3-5-7-14)16-10-11-18(2)12-17(13)16/h3-7,13,17H,8-12H2,1-2H3. The van der Waals surface area contributed by atoms with Crippen molar-refractivity contribution < 1.29 is 0 Å². The Morgan fingerprint density at radius 1 is 1.11 bits per heavy atom. The summed E-state index contributed by atoms with van der Waals surface area (Å²) in [6, 6.07) is 11.0. The minimum Gasteiger partial charge on any atom is -0.305 e. The van der Waals surface area contributed by atoms with Gasteiger partial charge in [0.05, 0.1) is 0 Å². The molecule has 2 aliphatic rings. The number of allylic oxidation sites excluding steroid dienone is 1. The summed E-state index contributed by atoms with van der Waals surface area (Å²) in [4.78, 5) is 2.50. The van der Waals surface area contributed by atoms with Crippen LogP contribution in [0, 0.1) is 11.8 Å². The first kappa shape index (κ1) is 12.0. The Morgan fingerprint density at radius 2 is 1.89 bits per heavy atom. The fourth-order valence-corrected chi connectivity index (χ4v) is 3.63. The molecule has 96 valence electrons. The normalized spacial score (nSPS) is 29.2. The molecule has 1 heterocycles. The van der Waals surface area contributed by atoms with E-state index in [9.17, 15) is 0 Å². The van der Waals surface area contributed by atoms with Crippen LogP contribution < -0.4 is 0 Å². The summed E-state index contributed by atoms with van der Waals surface area (Å²) < 4.78 is 0. The molecule has 0 radical (unpaired) electrons. The van der Waals surface area contributed by atoms with Crippen LogP contribution in [0.25, 0.3) is 5.57 Å². The third-order valence-corrected chi connectivity index (χ3v) is 4.77. The highest BCUT2D eigenvalue weighted by Crippen LogP contribution is 2.42. The second-order valence-corrected chi connectivity index (χ2v) is 6.00. The van der Waals surface area contributed by atoms with Crippen LogP contribution in [0.15, 0.2) is 35.9 Å². The van der Waals surface area contributed by atoms with Crippen molar-refractivity contribution in [2.75, 3.05) is 20.1 Å². The van der Waals surface area contributed by atoms with Gasteiger partial charge in [0, 0.05) is 13.1 Å². The molecule has 1 nitrogen and oxygen atoms in total. The average molecular weight is 241 g/mol. The Kier molecular flexibility index (Phi) is 3.25. The van der Waals surface area contributed by atoms with Gasteiger partial charge in [0.25, 0.3) is 0 Å². The number of likely N-dealkylation sites (tertiary alicyclic amines) is 1. The molecule has 0 saturated carbocycles. The molecule has 18 heavy (non-hydrogen) atoms. The third kappa shape index (κ3) is 2.12. The Hall–Kier alpha value is -1.08. The van der Waals surface area contributed by atoms with Crippen LogP contribution in [0.4, 0.5) is 0 Å². The summed E-state index contributed by atoms with van der Waals surface area (Å²) >= 11 is 0. The summed E-state index contributed by atoms with van der Waals surface area (Å²) in [6.45, 7) is 4.92. The quantitative estimate of drug-likeness (QED) is 0.722. The Bertz CT molecular complexity index is 446. The maximum absolute atomic E-state index is 2.50. The minimum atomic E-state index is 0.799. The van der Waals surface area contributed by atoms with E-state index in [1.165, 1.54) is 37.9 Å². The largest absolute Gasteiger partial charge is 0.305 e. The fourth-order valence-electron chi connectivity index (χ4n) is 3.63. The Balaban J connectivity index is 2.00. The topological polar surface area (TPSA) is 3.24 Å². The van der Waals surface area contributed by atoms with E-state index in [1.807, 2.05) is 0 Å². The number of hydrogen-bond acceptors (Lipinski definition) is 1. The molecule has 0 aromatic heterocycles. The summed E-state index contributed by atoms with van der Waals surface area (Å²) in [5, 5.41) is 0. The predicted octanol–water partition coefficient (Wildman–Crippen LogP) is 3.82. The molecule has 1 fully saturated rings. The molecule has 2 atom stereocenters. The number of fused-ring (bicyclic) bond motifs is 1. The van der Waals surface area contributed by atoms with Crippen molar-refractivity contribution in [3.8, 4) is 0 Å². The molecule has 1 aliphatic heterocycles. The van der Waals surface area contributed by atoms with Crippen molar-refractivity contribution in [1.82, 2.24) is 4.90 Å². The summed E-state index contributed by atoms with van der Waals surface area (Å²) in [7, 11) is 2.26. The van der Waals surface area contributed by atoms with E-state index >= 15 is 0 Å². The number of nitrogens with zero attached hydrogens (tertiary/aromatic N) is 1. The van der Waals surface area contributed by atoms with E-state index in [0.717, 1.165) is 11.8 Å². The fraction of sp³-hybridized carbons (Fsp3) is 0.529. The molecular weight excluding hydrogens is 218 g/mol. The second-order valence-electron chi connectivity index (χ2n) is 6.00. The van der Waals surface area contributed by atoms with Crippen LogP contribution in [0.5, 0.6) is 0 Å². The van der Waals surface area contributed by atoms with Gasteiger partial charge in [-0.3, -0.25) is 0 Å². The molecule has 1 aliphatic carbocycles. The molecule has 0 amide bonds. The van der Waals surface area contributed by atoms with Gasteiger partial charge in [0.1, 0.15) is 0 Å². The molecule has 1 heteroatoms. The first-order valence-corrected chi connectivity index (χ1v) is 7.21. The highest BCUT2D eigenvalue weighted by Gasteiger charge is 2.32. The van der Waals surface area contributed by atoms with E-state index in [-0.39, 0.29) is 0 Å². The van der Waals surface area contributed by atoms with Gasteiger partial charge in [-0.05, 0) is 49.3 Å². The summed E-state index contributed by atoms with van der Waals surface area (Å²) in [5.74, 6) is 1.66. The van der Waals surface area contributed by atoms with Gasteiger partial charge in [0.2, 0.25) is 0 Å². The first-order valence-electron chi connectivity index (χ1n) is 7.21. The zero-order valence-corrected chi connectivity index (χ0v) is 11.5. The zero-order chi connectivity index (χ0) is 12.5. The SMILES string of the molecule is CC1CCC(c2ccccc2)=C2CCN(C)CC21. The molecule has 3 rings (SSSR count). The number of hydrogen-bond donors (Lipinski definition) is 0. The minimum absolute atomic E-state index is 0.799. The lowest BCUT2D eigenvalue weighted by Crippen LogP contribution is -2.38. The van der Waals surface area contributed by atoms with Crippen molar-refractivity contribution >= 4 is 5.57 Å². The van der Waals surface area contributed by atoms with Crippen molar-refractivity contribution in [2.24, 2.45) is 11.8 Å². The lowest BCUT2D eigenvalue weighted by Gasteiger charge is -2.41. The van der Waals surface area contributed by atoms with Crippen molar-refractivity contribution in [3.63, 3.8) is 0 Å². The molecule has 1 aromatic rings. The second kappa shape index (κ2) is 4.89. The van der Waals surface area contributed by atoms with Crippen molar-refractivity contribution in [1.29, 1.82) is 0 Å². The lowest BCUT2D eigenvalue weighted by atomic mass is 9.71. The summed E-state index contributed by atoms with van der Waals surface area (Å²) in [5.41, 5.74) is 4.89.